The number of nitrogens with one attached hydrogen (secondary N) is 1. The number of carbonyl (C=O) groups is 2. The van der Waals surface area contributed by atoms with Crippen LogP contribution in [0.2, 0.25) is 0 Å². The molecule has 2 rings (SSSR count). The van der Waals surface area contributed by atoms with Crippen molar-refractivity contribution in [2.45, 2.75) is 20.8 Å². The van der Waals surface area contributed by atoms with Gasteiger partial charge < -0.3 is 19.9 Å². The highest BCUT2D eigenvalue weighted by Gasteiger charge is 2.40. The van der Waals surface area contributed by atoms with Gasteiger partial charge in [0.05, 0.1) is 7.11 Å². The smallest absolute Gasteiger partial charge is 0.239 e. The van der Waals surface area contributed by atoms with Crippen LogP contribution in [0.4, 0.5) is 5.69 Å². The Balaban J connectivity index is 1.99. The monoisotopic (exact) mass is 333 g/mol. The topological polar surface area (TPSA) is 61.9 Å². The van der Waals surface area contributed by atoms with Crippen molar-refractivity contribution in [2.75, 3.05) is 45.2 Å². The van der Waals surface area contributed by atoms with Gasteiger partial charge in [0.1, 0.15) is 11.2 Å². The fraction of sp³-hybridized carbons (Fsp3) is 0.556. The van der Waals surface area contributed by atoms with Gasteiger partial charge >= 0.3 is 0 Å². The zero-order valence-corrected chi connectivity index (χ0v) is 15.0. The van der Waals surface area contributed by atoms with E-state index in [1.165, 1.54) is 0 Å². The van der Waals surface area contributed by atoms with Gasteiger partial charge in [-0.15, -0.1) is 0 Å². The van der Waals surface area contributed by atoms with Crippen LogP contribution in [-0.2, 0) is 9.59 Å². The van der Waals surface area contributed by atoms with E-state index in [4.69, 9.17) is 4.74 Å². The van der Waals surface area contributed by atoms with Gasteiger partial charge in [0.25, 0.3) is 0 Å². The third kappa shape index (κ3) is 4.06. The molecule has 24 heavy (non-hydrogen) atoms. The van der Waals surface area contributed by atoms with E-state index < -0.39 is 5.41 Å². The molecule has 1 aliphatic heterocycles. The summed E-state index contributed by atoms with van der Waals surface area (Å²) in [5, 5.41) is 2.82. The fourth-order valence-corrected chi connectivity index (χ4v) is 2.72. The minimum absolute atomic E-state index is 0.121. The molecule has 1 saturated heterocycles. The molecular formula is C18H27N3O3. The number of ether oxygens (including phenoxy) is 1. The quantitative estimate of drug-likeness (QED) is 0.835. The number of carbonyl (C=O) groups excluding carboxylic acids is 2. The summed E-state index contributed by atoms with van der Waals surface area (Å²) < 4.78 is 5.10. The molecule has 1 aromatic carbocycles. The highest BCUT2D eigenvalue weighted by Crippen LogP contribution is 2.24. The van der Waals surface area contributed by atoms with Gasteiger partial charge in [-0.05, 0) is 44.7 Å². The highest BCUT2D eigenvalue weighted by molar-refractivity contribution is 6.09. The molecule has 1 N–H and O–H groups in total. The van der Waals surface area contributed by atoms with Crippen molar-refractivity contribution >= 4 is 17.5 Å². The Bertz CT molecular complexity index is 576. The van der Waals surface area contributed by atoms with Gasteiger partial charge in [0.15, 0.2) is 0 Å². The number of nitrogens with zero attached hydrogens (tertiary/aromatic N) is 2. The van der Waals surface area contributed by atoms with Crippen molar-refractivity contribution in [3.05, 3.63) is 24.3 Å². The number of piperazine rings is 1. The molecule has 0 atom stereocenters. The van der Waals surface area contributed by atoms with Gasteiger partial charge in [-0.3, -0.25) is 9.59 Å². The van der Waals surface area contributed by atoms with Crippen LogP contribution in [0.5, 0.6) is 5.75 Å². The van der Waals surface area contributed by atoms with Crippen LogP contribution < -0.4 is 10.1 Å². The molecule has 1 fully saturated rings. The molecule has 0 radical (unpaired) electrons. The van der Waals surface area contributed by atoms with E-state index in [-0.39, 0.29) is 11.8 Å². The molecule has 0 saturated carbocycles. The first-order valence-corrected chi connectivity index (χ1v) is 8.35. The van der Waals surface area contributed by atoms with Gasteiger partial charge in [-0.25, -0.2) is 0 Å². The number of benzene rings is 1. The van der Waals surface area contributed by atoms with Crippen molar-refractivity contribution in [1.82, 2.24) is 9.80 Å². The second-order valence-electron chi connectivity index (χ2n) is 6.53. The Morgan fingerprint density at radius 2 is 1.71 bits per heavy atom. The van der Waals surface area contributed by atoms with Crippen LogP contribution in [0, 0.1) is 5.41 Å². The summed E-state index contributed by atoms with van der Waals surface area (Å²) in [5.41, 5.74) is -0.452. The number of hydrogen-bond donors (Lipinski definition) is 1. The Morgan fingerprint density at radius 1 is 1.12 bits per heavy atom. The summed E-state index contributed by atoms with van der Waals surface area (Å²) in [6.07, 6.45) is 0. The van der Waals surface area contributed by atoms with E-state index in [0.29, 0.717) is 18.8 Å². The Morgan fingerprint density at radius 3 is 2.21 bits per heavy atom. The third-order valence-corrected chi connectivity index (χ3v) is 4.56. The number of likely N-dealkylation sites (N-methyl/N-ethyl adjacent to an activating group) is 1. The largest absolute Gasteiger partial charge is 0.497 e. The summed E-state index contributed by atoms with van der Waals surface area (Å²) >= 11 is 0. The van der Waals surface area contributed by atoms with Gasteiger partial charge in [-0.2, -0.15) is 0 Å². The second-order valence-corrected chi connectivity index (χ2v) is 6.53. The van der Waals surface area contributed by atoms with E-state index in [2.05, 4.69) is 17.1 Å². The van der Waals surface area contributed by atoms with E-state index in [0.717, 1.165) is 25.4 Å². The van der Waals surface area contributed by atoms with Gasteiger partial charge in [-0.1, -0.05) is 6.92 Å². The van der Waals surface area contributed by atoms with Crippen molar-refractivity contribution in [1.29, 1.82) is 0 Å². The first-order valence-electron chi connectivity index (χ1n) is 8.35. The number of amides is 2. The second kappa shape index (κ2) is 7.66. The van der Waals surface area contributed by atoms with Crippen LogP contribution in [0.15, 0.2) is 24.3 Å². The lowest BCUT2D eigenvalue weighted by Gasteiger charge is -2.37. The predicted octanol–water partition coefficient (Wildman–Crippen LogP) is 1.82. The normalized spacial score (nSPS) is 15.9. The Hall–Kier alpha value is -2.08. The lowest BCUT2D eigenvalue weighted by Crippen LogP contribution is -2.54. The fourth-order valence-electron chi connectivity index (χ4n) is 2.72. The van der Waals surface area contributed by atoms with Gasteiger partial charge in [0.2, 0.25) is 11.8 Å². The molecule has 0 aromatic heterocycles. The molecule has 6 nitrogen and oxygen atoms in total. The first-order chi connectivity index (χ1) is 11.4. The van der Waals surface area contributed by atoms with Gasteiger partial charge in [0, 0.05) is 31.9 Å². The van der Waals surface area contributed by atoms with Crippen LogP contribution >= 0.6 is 0 Å². The summed E-state index contributed by atoms with van der Waals surface area (Å²) in [5.74, 6) is 0.303. The zero-order valence-electron chi connectivity index (χ0n) is 15.0. The van der Waals surface area contributed by atoms with Crippen LogP contribution in [0.1, 0.15) is 20.8 Å². The number of rotatable bonds is 5. The lowest BCUT2D eigenvalue weighted by atomic mass is 9.89. The van der Waals surface area contributed by atoms with E-state index in [1.807, 2.05) is 0 Å². The van der Waals surface area contributed by atoms with Crippen molar-refractivity contribution < 1.29 is 14.3 Å². The maximum Gasteiger partial charge on any atom is 0.239 e. The molecule has 1 aliphatic rings. The molecule has 0 bridgehead atoms. The molecule has 1 aromatic rings. The Labute approximate surface area is 143 Å². The summed E-state index contributed by atoms with van der Waals surface area (Å²) in [4.78, 5) is 29.5. The molecule has 6 heteroatoms. The molecule has 1 heterocycles. The first kappa shape index (κ1) is 18.3. The SMILES string of the molecule is CCN1CCN(C(=O)C(C)(C)C(=O)Nc2ccc(OC)cc2)CC1. The van der Waals surface area contributed by atoms with Crippen molar-refractivity contribution in [3.8, 4) is 5.75 Å². The average Bonchev–Trinajstić information content (AvgIpc) is 2.61. The van der Waals surface area contributed by atoms with Crippen LogP contribution in [0.25, 0.3) is 0 Å². The van der Waals surface area contributed by atoms with E-state index >= 15 is 0 Å². The molecule has 0 aliphatic carbocycles. The zero-order chi connectivity index (χ0) is 17.7. The van der Waals surface area contributed by atoms with E-state index in [1.54, 1.807) is 50.1 Å². The van der Waals surface area contributed by atoms with Crippen molar-refractivity contribution in [2.24, 2.45) is 5.41 Å². The molecular weight excluding hydrogens is 306 g/mol. The van der Waals surface area contributed by atoms with Crippen molar-refractivity contribution in [3.63, 3.8) is 0 Å². The average molecular weight is 333 g/mol. The predicted molar refractivity (Wildman–Crippen MR) is 94.1 cm³/mol. The summed E-state index contributed by atoms with van der Waals surface area (Å²) in [7, 11) is 1.59. The minimum atomic E-state index is -1.10. The highest BCUT2D eigenvalue weighted by atomic mass is 16.5. The third-order valence-electron chi connectivity index (χ3n) is 4.56. The van der Waals surface area contributed by atoms with Crippen LogP contribution in [0.3, 0.4) is 0 Å². The maximum atomic E-state index is 12.8. The minimum Gasteiger partial charge on any atom is -0.497 e. The Kier molecular flexibility index (Phi) is 5.83. The number of anilines is 1. The molecule has 0 spiro atoms. The standard InChI is InChI=1S/C18H27N3O3/c1-5-20-10-12-21(13-11-20)17(23)18(2,3)16(22)19-14-6-8-15(24-4)9-7-14/h6-9H,5,10-13H2,1-4H3,(H,19,22). The van der Waals surface area contributed by atoms with Crippen LogP contribution in [-0.4, -0.2) is 61.4 Å². The molecule has 0 unspecified atom stereocenters. The van der Waals surface area contributed by atoms with E-state index in [9.17, 15) is 9.59 Å². The summed E-state index contributed by atoms with van der Waals surface area (Å²) in [6.45, 7) is 9.53. The number of hydrogen-bond acceptors (Lipinski definition) is 4. The maximum absolute atomic E-state index is 12.8. The molecule has 132 valence electrons. The number of methoxy groups -OCH3 is 1. The lowest BCUT2D eigenvalue weighted by molar-refractivity contribution is -0.147. The summed E-state index contributed by atoms with van der Waals surface area (Å²) in [6, 6.07) is 7.07. The molecule has 2 amide bonds.